The molecule has 0 aromatic carbocycles. The first kappa shape index (κ1) is 10.4. The lowest BCUT2D eigenvalue weighted by Crippen LogP contribution is -2.33. The van der Waals surface area contributed by atoms with E-state index in [4.69, 9.17) is 11.2 Å². The summed E-state index contributed by atoms with van der Waals surface area (Å²) in [6.07, 6.45) is 11.6. The van der Waals surface area contributed by atoms with Crippen LogP contribution in [0, 0.1) is 30.3 Å². The maximum atomic E-state index is 5.35. The highest BCUT2D eigenvalue weighted by molar-refractivity contribution is 4.84. The second-order valence-corrected chi connectivity index (χ2v) is 4.60. The molecule has 1 fully saturated rings. The maximum Gasteiger partial charge on any atom is 0.114 e. The summed E-state index contributed by atoms with van der Waals surface area (Å²) in [4.78, 5) is 0. The van der Waals surface area contributed by atoms with Crippen molar-refractivity contribution in [2.45, 2.75) is 46.1 Å². The molecule has 1 nitrogen and oxygen atoms in total. The zero-order valence-corrected chi connectivity index (χ0v) is 8.92. The predicted molar refractivity (Wildman–Crippen MR) is 55.0 cm³/mol. The summed E-state index contributed by atoms with van der Waals surface area (Å²) in [6, 6.07) is 0. The van der Waals surface area contributed by atoms with Crippen LogP contribution in [0.25, 0.3) is 0 Å². The van der Waals surface area contributed by atoms with Gasteiger partial charge >= 0.3 is 0 Å². The number of ether oxygens (including phenoxy) is 1. The Labute approximate surface area is 81.9 Å². The van der Waals surface area contributed by atoms with E-state index >= 15 is 0 Å². The highest BCUT2D eigenvalue weighted by Crippen LogP contribution is 2.34. The van der Waals surface area contributed by atoms with Crippen molar-refractivity contribution in [3.8, 4) is 12.5 Å². The van der Waals surface area contributed by atoms with Crippen molar-refractivity contribution in [1.82, 2.24) is 0 Å². The number of hydrogen-bond donors (Lipinski definition) is 0. The van der Waals surface area contributed by atoms with E-state index in [-0.39, 0.29) is 0 Å². The molecule has 0 N–H and O–H groups in total. The first-order valence-electron chi connectivity index (χ1n) is 5.26. The van der Waals surface area contributed by atoms with Crippen LogP contribution < -0.4 is 0 Å². The zero-order chi connectivity index (χ0) is 9.84. The zero-order valence-electron chi connectivity index (χ0n) is 8.92. The van der Waals surface area contributed by atoms with Gasteiger partial charge in [-0.25, -0.2) is 0 Å². The molecule has 1 aliphatic rings. The average molecular weight is 180 g/mol. The van der Waals surface area contributed by atoms with Crippen molar-refractivity contribution in [1.29, 1.82) is 0 Å². The van der Waals surface area contributed by atoms with Gasteiger partial charge in [0.25, 0.3) is 0 Å². The molecule has 0 aliphatic heterocycles. The Bertz CT molecular complexity index is 190. The van der Waals surface area contributed by atoms with Crippen LogP contribution in [0.1, 0.15) is 40.0 Å². The lowest BCUT2D eigenvalue weighted by atomic mass is 9.75. The fourth-order valence-electron chi connectivity index (χ4n) is 2.34. The molecule has 0 aromatic heterocycles. The van der Waals surface area contributed by atoms with Crippen LogP contribution in [-0.2, 0) is 4.74 Å². The molecular weight excluding hydrogens is 160 g/mol. The summed E-state index contributed by atoms with van der Waals surface area (Å²) >= 11 is 0. The summed E-state index contributed by atoms with van der Waals surface area (Å²) in [5.41, 5.74) is 0. The van der Waals surface area contributed by atoms with Gasteiger partial charge in [-0.2, -0.15) is 0 Å². The first-order valence-corrected chi connectivity index (χ1v) is 5.26. The van der Waals surface area contributed by atoms with Gasteiger partial charge < -0.3 is 4.74 Å². The molecule has 0 spiro atoms. The van der Waals surface area contributed by atoms with Crippen LogP contribution in [0.15, 0.2) is 0 Å². The summed E-state index contributed by atoms with van der Waals surface area (Å²) in [6.45, 7) is 6.80. The summed E-state index contributed by atoms with van der Waals surface area (Å²) < 4.78 is 5.35. The lowest BCUT2D eigenvalue weighted by molar-refractivity contribution is 0.0254. The van der Waals surface area contributed by atoms with Gasteiger partial charge in [0, 0.05) is 0 Å². The van der Waals surface area contributed by atoms with Gasteiger partial charge in [0.1, 0.15) is 12.2 Å². The van der Waals surface area contributed by atoms with Gasteiger partial charge in [-0.15, -0.1) is 0 Å². The fraction of sp³-hybridized carbons (Fsp3) is 0.833. The quantitative estimate of drug-likeness (QED) is 0.593. The number of hydrogen-bond acceptors (Lipinski definition) is 1. The third-order valence-electron chi connectivity index (χ3n) is 3.18. The molecule has 1 saturated carbocycles. The Hall–Kier alpha value is -0.640. The van der Waals surface area contributed by atoms with Gasteiger partial charge in [0.2, 0.25) is 0 Å². The molecule has 1 heteroatoms. The average Bonchev–Trinajstić information content (AvgIpc) is 2.04. The van der Waals surface area contributed by atoms with E-state index in [1.165, 1.54) is 12.8 Å². The van der Waals surface area contributed by atoms with Crippen molar-refractivity contribution in [3.63, 3.8) is 0 Å². The van der Waals surface area contributed by atoms with Gasteiger partial charge in [0.05, 0.1) is 0 Å². The fourth-order valence-corrected chi connectivity index (χ4v) is 2.34. The third kappa shape index (κ3) is 2.66. The van der Waals surface area contributed by atoms with Crippen molar-refractivity contribution < 1.29 is 4.74 Å². The number of rotatable bonds is 2. The van der Waals surface area contributed by atoms with Crippen molar-refractivity contribution in [2.75, 3.05) is 0 Å². The van der Waals surface area contributed by atoms with E-state index in [1.807, 2.05) is 0 Å². The summed E-state index contributed by atoms with van der Waals surface area (Å²) in [5, 5.41) is 0. The first-order chi connectivity index (χ1) is 6.15. The van der Waals surface area contributed by atoms with E-state index in [0.717, 1.165) is 12.3 Å². The van der Waals surface area contributed by atoms with Crippen LogP contribution in [0.4, 0.5) is 0 Å². The molecule has 0 amide bonds. The van der Waals surface area contributed by atoms with Crippen LogP contribution in [-0.4, -0.2) is 6.10 Å². The molecular formula is C12H20O. The Kier molecular flexibility index (Phi) is 3.66. The number of terminal acetylenes is 1. The topological polar surface area (TPSA) is 9.23 Å². The molecule has 3 atom stereocenters. The molecule has 0 radical (unpaired) electrons. The van der Waals surface area contributed by atoms with Crippen LogP contribution >= 0.6 is 0 Å². The molecule has 0 saturated heterocycles. The Balaban J connectivity index is 2.56. The Morgan fingerprint density at radius 1 is 1.38 bits per heavy atom. The highest BCUT2D eigenvalue weighted by atomic mass is 16.5. The summed E-state index contributed by atoms with van der Waals surface area (Å²) in [5.74, 6) is 2.12. The maximum absolute atomic E-state index is 5.35. The molecule has 1 rings (SSSR count). The second kappa shape index (κ2) is 4.56. The second-order valence-electron chi connectivity index (χ2n) is 4.60. The SMILES string of the molecule is C#CO[C@@H]1C[C@H](C)CCC1C(C)C. The van der Waals surface area contributed by atoms with Crippen LogP contribution in [0.5, 0.6) is 0 Å². The minimum atomic E-state index is 0.300. The molecule has 1 aliphatic carbocycles. The van der Waals surface area contributed by atoms with E-state index < -0.39 is 0 Å². The monoisotopic (exact) mass is 180 g/mol. The van der Waals surface area contributed by atoms with Gasteiger partial charge in [0.15, 0.2) is 0 Å². The minimum Gasteiger partial charge on any atom is -0.443 e. The molecule has 1 unspecified atom stereocenters. The van der Waals surface area contributed by atoms with Crippen LogP contribution in [0.3, 0.4) is 0 Å². The normalized spacial score (nSPS) is 34.2. The van der Waals surface area contributed by atoms with Crippen molar-refractivity contribution in [2.24, 2.45) is 17.8 Å². The van der Waals surface area contributed by atoms with E-state index in [1.54, 1.807) is 0 Å². The third-order valence-corrected chi connectivity index (χ3v) is 3.18. The standard InChI is InChI=1S/C12H20O/c1-5-13-12-8-10(4)6-7-11(12)9(2)3/h1,9-12H,6-8H2,2-4H3/t10-,11?,12-/m1/s1. The Morgan fingerprint density at radius 2 is 2.08 bits per heavy atom. The smallest absolute Gasteiger partial charge is 0.114 e. The van der Waals surface area contributed by atoms with Crippen molar-refractivity contribution in [3.05, 3.63) is 0 Å². The Morgan fingerprint density at radius 3 is 2.62 bits per heavy atom. The van der Waals surface area contributed by atoms with Crippen LogP contribution in [0.2, 0.25) is 0 Å². The van der Waals surface area contributed by atoms with E-state index in [0.29, 0.717) is 17.9 Å². The lowest BCUT2D eigenvalue weighted by Gasteiger charge is -2.35. The minimum absolute atomic E-state index is 0.300. The van der Waals surface area contributed by atoms with E-state index in [9.17, 15) is 0 Å². The van der Waals surface area contributed by atoms with Crippen molar-refractivity contribution >= 4 is 0 Å². The van der Waals surface area contributed by atoms with E-state index in [2.05, 4.69) is 26.9 Å². The highest BCUT2D eigenvalue weighted by Gasteiger charge is 2.31. The van der Waals surface area contributed by atoms with Gasteiger partial charge in [-0.3, -0.25) is 0 Å². The summed E-state index contributed by atoms with van der Waals surface area (Å²) in [7, 11) is 0. The predicted octanol–water partition coefficient (Wildman–Crippen LogP) is 3.05. The van der Waals surface area contributed by atoms with Gasteiger partial charge in [-0.1, -0.05) is 33.6 Å². The largest absolute Gasteiger partial charge is 0.443 e. The molecule has 74 valence electrons. The molecule has 13 heavy (non-hydrogen) atoms. The molecule has 0 heterocycles. The van der Waals surface area contributed by atoms with Gasteiger partial charge in [-0.05, 0) is 30.6 Å². The molecule has 0 aromatic rings. The molecule has 0 bridgehead atoms.